The second-order valence-corrected chi connectivity index (χ2v) is 9.97. The van der Waals surface area contributed by atoms with Crippen LogP contribution in [0.25, 0.3) is 16.5 Å². The van der Waals surface area contributed by atoms with Gasteiger partial charge in [-0.1, -0.05) is 6.08 Å². The number of ether oxygens (including phenoxy) is 1. The molecule has 9 heteroatoms. The number of nitrogens with zero attached hydrogens (tertiary/aromatic N) is 2. The second kappa shape index (κ2) is 10.1. The Morgan fingerprint density at radius 2 is 1.97 bits per heavy atom. The first kappa shape index (κ1) is 24.8. The Hall–Kier alpha value is -2.33. The van der Waals surface area contributed by atoms with Gasteiger partial charge in [0.2, 0.25) is 0 Å². The number of hydroxylamine groups is 2. The van der Waals surface area contributed by atoms with E-state index in [4.69, 9.17) is 18.5 Å². The summed E-state index contributed by atoms with van der Waals surface area (Å²) in [7, 11) is 1.42. The number of piperidine rings is 1. The number of carbonyl (C=O) groups excluding carboxylic acids is 1. The van der Waals surface area contributed by atoms with E-state index in [1.54, 1.807) is 5.06 Å². The topological polar surface area (TPSA) is 81.5 Å². The molecule has 1 saturated heterocycles. The molecule has 0 saturated carbocycles. The minimum Gasteiger partial charge on any atom is -0.469 e. The predicted octanol–water partition coefficient (Wildman–Crippen LogP) is 4.50. The SMILES string of the molecule is CCN1c2cc3oc(=O)cc(C)c3cc2C(CSOON2CCC(C(=O)OC)CC2)=CC1(C)C. The summed E-state index contributed by atoms with van der Waals surface area (Å²) < 4.78 is 15.8. The molecule has 0 bridgehead atoms. The van der Waals surface area contributed by atoms with Crippen molar-refractivity contribution in [2.75, 3.05) is 37.4 Å². The summed E-state index contributed by atoms with van der Waals surface area (Å²) in [5, 5.41) is 2.66. The maximum atomic E-state index is 11.9. The van der Waals surface area contributed by atoms with Crippen molar-refractivity contribution in [1.82, 2.24) is 5.06 Å². The number of anilines is 1. The Labute approximate surface area is 203 Å². The summed E-state index contributed by atoms with van der Waals surface area (Å²) in [6, 6.07) is 5.61. The average Bonchev–Trinajstić information content (AvgIpc) is 2.80. The van der Waals surface area contributed by atoms with E-state index in [1.165, 1.54) is 25.2 Å². The van der Waals surface area contributed by atoms with Crippen LogP contribution in [0.2, 0.25) is 0 Å². The number of fused-ring (bicyclic) bond motifs is 2. The number of methoxy groups -OCH3 is 1. The molecule has 0 atom stereocenters. The Morgan fingerprint density at radius 3 is 2.65 bits per heavy atom. The number of likely N-dealkylation sites (N-methyl/N-ethyl adjacent to an activating group) is 1. The van der Waals surface area contributed by atoms with Gasteiger partial charge in [-0.05, 0) is 57.7 Å². The van der Waals surface area contributed by atoms with Gasteiger partial charge in [-0.15, -0.1) is 9.32 Å². The van der Waals surface area contributed by atoms with E-state index in [-0.39, 0.29) is 23.1 Å². The molecular formula is C25H32N2O6S. The minimum atomic E-state index is -0.337. The van der Waals surface area contributed by atoms with Gasteiger partial charge in [-0.25, -0.2) is 4.79 Å². The van der Waals surface area contributed by atoms with Crippen LogP contribution in [0.3, 0.4) is 0 Å². The van der Waals surface area contributed by atoms with Crippen molar-refractivity contribution in [3.05, 3.63) is 45.8 Å². The van der Waals surface area contributed by atoms with Crippen LogP contribution < -0.4 is 10.5 Å². The molecular weight excluding hydrogens is 456 g/mol. The average molecular weight is 489 g/mol. The molecule has 1 fully saturated rings. The van der Waals surface area contributed by atoms with Crippen LogP contribution in [0.4, 0.5) is 5.69 Å². The lowest BCUT2D eigenvalue weighted by molar-refractivity contribution is -0.365. The van der Waals surface area contributed by atoms with Gasteiger partial charge >= 0.3 is 11.6 Å². The van der Waals surface area contributed by atoms with Gasteiger partial charge in [0.1, 0.15) is 5.58 Å². The number of hydrogen-bond donors (Lipinski definition) is 0. The fraction of sp³-hybridized carbons (Fsp3) is 0.520. The second-order valence-electron chi connectivity index (χ2n) is 9.31. The Morgan fingerprint density at radius 1 is 1.24 bits per heavy atom. The molecule has 2 aromatic rings. The van der Waals surface area contributed by atoms with E-state index >= 15 is 0 Å². The first-order valence-corrected chi connectivity index (χ1v) is 12.5. The van der Waals surface area contributed by atoms with Gasteiger partial charge in [-0.2, -0.15) is 5.06 Å². The van der Waals surface area contributed by atoms with Crippen molar-refractivity contribution < 1.29 is 23.3 Å². The normalized spacial score (nSPS) is 18.6. The number of benzene rings is 1. The van der Waals surface area contributed by atoms with Gasteiger partial charge < -0.3 is 14.1 Å². The van der Waals surface area contributed by atoms with Crippen molar-refractivity contribution >= 4 is 40.2 Å². The van der Waals surface area contributed by atoms with E-state index in [9.17, 15) is 9.59 Å². The Balaban J connectivity index is 1.47. The molecule has 0 aliphatic carbocycles. The highest BCUT2D eigenvalue weighted by atomic mass is 32.2. The van der Waals surface area contributed by atoms with Crippen LogP contribution in [0.1, 0.15) is 44.7 Å². The van der Waals surface area contributed by atoms with E-state index in [1.807, 2.05) is 13.0 Å². The highest BCUT2D eigenvalue weighted by Crippen LogP contribution is 2.42. The van der Waals surface area contributed by atoms with E-state index in [0.717, 1.165) is 34.3 Å². The van der Waals surface area contributed by atoms with E-state index < -0.39 is 0 Å². The number of aryl methyl sites for hydroxylation is 1. The van der Waals surface area contributed by atoms with Gasteiger partial charge in [0.05, 0.1) is 18.6 Å². The van der Waals surface area contributed by atoms with Gasteiger partial charge in [0, 0.05) is 66.2 Å². The van der Waals surface area contributed by atoms with Crippen LogP contribution in [-0.4, -0.2) is 49.1 Å². The smallest absolute Gasteiger partial charge is 0.336 e. The maximum absolute atomic E-state index is 11.9. The fourth-order valence-corrected chi connectivity index (χ4v) is 5.45. The lowest BCUT2D eigenvalue weighted by Gasteiger charge is -2.43. The summed E-state index contributed by atoms with van der Waals surface area (Å²) in [6.07, 6.45) is 3.63. The van der Waals surface area contributed by atoms with Gasteiger partial charge in [0.25, 0.3) is 0 Å². The lowest BCUT2D eigenvalue weighted by atomic mass is 9.87. The summed E-state index contributed by atoms with van der Waals surface area (Å²) in [5.74, 6) is 0.352. The Kier molecular flexibility index (Phi) is 7.37. The first-order chi connectivity index (χ1) is 16.2. The van der Waals surface area contributed by atoms with Crippen molar-refractivity contribution in [2.45, 2.75) is 46.1 Å². The predicted molar refractivity (Wildman–Crippen MR) is 133 cm³/mol. The molecule has 0 spiro atoms. The summed E-state index contributed by atoms with van der Waals surface area (Å²) in [4.78, 5) is 31.4. The van der Waals surface area contributed by atoms with Gasteiger partial charge in [-0.3, -0.25) is 4.79 Å². The van der Waals surface area contributed by atoms with Crippen molar-refractivity contribution in [1.29, 1.82) is 0 Å². The van der Waals surface area contributed by atoms with Crippen LogP contribution in [0.15, 0.2) is 33.5 Å². The van der Waals surface area contributed by atoms with Crippen LogP contribution in [0, 0.1) is 12.8 Å². The van der Waals surface area contributed by atoms with Crippen LogP contribution in [-0.2, 0) is 18.9 Å². The molecule has 1 aromatic carbocycles. The third kappa shape index (κ3) is 5.02. The standard InChI is InChI=1S/C25H32N2O6S/c1-6-27-21-13-22-19(16(2)11-23(28)31-22)12-20(21)18(14-25(27,3)4)15-34-33-32-26-9-7-17(8-10-26)24(29)30-5/h11-14,17H,6-10,15H2,1-5H3. The quantitative estimate of drug-likeness (QED) is 0.140. The highest BCUT2D eigenvalue weighted by Gasteiger charge is 2.32. The van der Waals surface area contributed by atoms with Crippen LogP contribution in [0.5, 0.6) is 0 Å². The molecule has 0 amide bonds. The zero-order valence-electron chi connectivity index (χ0n) is 20.4. The molecule has 34 heavy (non-hydrogen) atoms. The molecule has 2 aliphatic rings. The monoisotopic (exact) mass is 488 g/mol. The summed E-state index contributed by atoms with van der Waals surface area (Å²) >= 11 is 1.23. The van der Waals surface area contributed by atoms with Crippen LogP contribution >= 0.6 is 12.0 Å². The fourth-order valence-electron chi connectivity index (χ4n) is 4.91. The maximum Gasteiger partial charge on any atom is 0.336 e. The molecule has 0 unspecified atom stereocenters. The summed E-state index contributed by atoms with van der Waals surface area (Å²) in [5.41, 5.74) is 4.21. The molecule has 1 aromatic heterocycles. The van der Waals surface area contributed by atoms with Crippen molar-refractivity contribution in [3.63, 3.8) is 0 Å². The lowest BCUT2D eigenvalue weighted by Crippen LogP contribution is -2.45. The largest absolute Gasteiger partial charge is 0.469 e. The van der Waals surface area contributed by atoms with Crippen molar-refractivity contribution in [2.24, 2.45) is 5.92 Å². The zero-order valence-corrected chi connectivity index (χ0v) is 21.2. The van der Waals surface area contributed by atoms with Crippen molar-refractivity contribution in [3.8, 4) is 0 Å². The summed E-state index contributed by atoms with van der Waals surface area (Å²) in [6.45, 7) is 10.4. The minimum absolute atomic E-state index is 0.0761. The van der Waals surface area contributed by atoms with E-state index in [0.29, 0.717) is 37.3 Å². The van der Waals surface area contributed by atoms with Gasteiger partial charge in [0.15, 0.2) is 0 Å². The Bertz CT molecular complexity index is 1150. The zero-order chi connectivity index (χ0) is 24.5. The third-order valence-corrected chi connectivity index (χ3v) is 7.22. The molecule has 0 radical (unpaired) electrons. The number of rotatable bonds is 7. The molecule has 0 N–H and O–H groups in total. The van der Waals surface area contributed by atoms with E-state index in [2.05, 4.69) is 37.8 Å². The number of carbonyl (C=O) groups is 1. The molecule has 4 rings (SSSR count). The highest BCUT2D eigenvalue weighted by molar-refractivity contribution is 7.95. The molecule has 184 valence electrons. The third-order valence-electron chi connectivity index (χ3n) is 6.63. The molecule has 2 aliphatic heterocycles. The number of hydrogen-bond acceptors (Lipinski definition) is 9. The number of esters is 1. The first-order valence-electron chi connectivity index (χ1n) is 11.6. The molecule has 3 heterocycles. The molecule has 8 nitrogen and oxygen atoms in total.